The van der Waals surface area contributed by atoms with Crippen LogP contribution < -0.4 is 0 Å². The lowest BCUT2D eigenvalue weighted by atomic mass is 10.1. The molecule has 0 amide bonds. The Morgan fingerprint density at radius 1 is 1.26 bits per heavy atom. The van der Waals surface area contributed by atoms with E-state index in [1.165, 1.54) is 4.48 Å². The molecule has 4 unspecified atom stereocenters. The van der Waals surface area contributed by atoms with E-state index in [1.807, 2.05) is 6.08 Å². The Balaban J connectivity index is 1.83. The SMILES string of the molecule is CCC(Br)=CC=CC1CC2OC(C=C=CBr)CC2O1. The van der Waals surface area contributed by atoms with E-state index in [4.69, 9.17) is 9.47 Å². The zero-order valence-corrected chi connectivity index (χ0v) is 14.1. The maximum Gasteiger partial charge on any atom is 0.0874 e. The number of rotatable bonds is 4. The molecular formula is C15H18Br2O2. The lowest BCUT2D eigenvalue weighted by Crippen LogP contribution is -2.13. The monoisotopic (exact) mass is 388 g/mol. The van der Waals surface area contributed by atoms with Crippen LogP contribution in [0.15, 0.2) is 39.5 Å². The summed E-state index contributed by atoms with van der Waals surface area (Å²) in [5.74, 6) is 0. The molecule has 2 nitrogen and oxygen atoms in total. The molecule has 0 aliphatic carbocycles. The largest absolute Gasteiger partial charge is 0.368 e. The van der Waals surface area contributed by atoms with Crippen molar-refractivity contribution in [1.29, 1.82) is 0 Å². The Morgan fingerprint density at radius 2 is 1.95 bits per heavy atom. The third kappa shape index (κ3) is 4.44. The Labute approximate surface area is 131 Å². The maximum atomic E-state index is 5.98. The fraction of sp³-hybridized carbons (Fsp3) is 0.533. The number of hydrogen-bond donors (Lipinski definition) is 0. The van der Waals surface area contributed by atoms with Crippen LogP contribution in [0.4, 0.5) is 0 Å². The molecular weight excluding hydrogens is 372 g/mol. The van der Waals surface area contributed by atoms with Crippen LogP contribution in [0.5, 0.6) is 0 Å². The predicted octanol–water partition coefficient (Wildman–Crippen LogP) is 4.61. The van der Waals surface area contributed by atoms with E-state index in [0.29, 0.717) is 0 Å². The van der Waals surface area contributed by atoms with Crippen LogP contribution in [-0.2, 0) is 9.47 Å². The minimum absolute atomic E-state index is 0.142. The van der Waals surface area contributed by atoms with Crippen molar-refractivity contribution in [1.82, 2.24) is 0 Å². The molecule has 4 atom stereocenters. The number of allylic oxidation sites excluding steroid dienone is 3. The van der Waals surface area contributed by atoms with Crippen LogP contribution in [0.1, 0.15) is 26.2 Å². The van der Waals surface area contributed by atoms with E-state index in [1.54, 1.807) is 4.99 Å². The first kappa shape index (κ1) is 15.3. The number of fused-ring (bicyclic) bond motifs is 1. The highest BCUT2D eigenvalue weighted by molar-refractivity contribution is 9.11. The average molecular weight is 390 g/mol. The van der Waals surface area contributed by atoms with E-state index in [-0.39, 0.29) is 24.4 Å². The molecule has 104 valence electrons. The van der Waals surface area contributed by atoms with Crippen molar-refractivity contribution in [2.75, 3.05) is 0 Å². The van der Waals surface area contributed by atoms with Crippen LogP contribution >= 0.6 is 31.9 Å². The molecule has 0 bridgehead atoms. The van der Waals surface area contributed by atoms with E-state index >= 15 is 0 Å². The molecule has 2 rings (SSSR count). The topological polar surface area (TPSA) is 18.5 Å². The molecule has 4 heteroatoms. The molecule has 0 aromatic heterocycles. The first-order chi connectivity index (χ1) is 9.22. The molecule has 0 saturated carbocycles. The molecule has 0 N–H and O–H groups in total. The summed E-state index contributed by atoms with van der Waals surface area (Å²) in [7, 11) is 0. The van der Waals surface area contributed by atoms with Gasteiger partial charge in [0.1, 0.15) is 0 Å². The second kappa shape index (κ2) is 7.61. The summed E-state index contributed by atoms with van der Waals surface area (Å²) in [5.41, 5.74) is 3.00. The van der Waals surface area contributed by atoms with Crippen molar-refractivity contribution in [2.24, 2.45) is 0 Å². The second-order valence-corrected chi connectivity index (χ2v) is 6.17. The van der Waals surface area contributed by atoms with E-state index in [9.17, 15) is 0 Å². The van der Waals surface area contributed by atoms with Gasteiger partial charge < -0.3 is 9.47 Å². The summed E-state index contributed by atoms with van der Waals surface area (Å²) < 4.78 is 13.1. The molecule has 0 spiro atoms. The van der Waals surface area contributed by atoms with Gasteiger partial charge in [0.25, 0.3) is 0 Å². The number of hydrogen-bond acceptors (Lipinski definition) is 2. The van der Waals surface area contributed by atoms with Crippen LogP contribution in [0, 0.1) is 0 Å². The average Bonchev–Trinajstić information content (AvgIpc) is 2.93. The molecule has 2 fully saturated rings. The van der Waals surface area contributed by atoms with Gasteiger partial charge in [-0.2, -0.15) is 0 Å². The minimum atomic E-state index is 0.142. The molecule has 2 saturated heterocycles. The summed E-state index contributed by atoms with van der Waals surface area (Å²) in [5, 5.41) is 0. The van der Waals surface area contributed by atoms with Crippen molar-refractivity contribution in [3.63, 3.8) is 0 Å². The zero-order chi connectivity index (χ0) is 13.7. The molecule has 2 aliphatic rings. The van der Waals surface area contributed by atoms with Crippen LogP contribution in [0.25, 0.3) is 0 Å². The zero-order valence-electron chi connectivity index (χ0n) is 10.9. The number of ether oxygens (including phenoxy) is 2. The standard InChI is InChI=1S/C15H18Br2O2/c1-2-11(17)5-3-6-12-9-14-15(18-12)10-13(19-14)7-4-8-16/h3,5-8,12-15H,2,9-10H2,1H3. The van der Waals surface area contributed by atoms with Crippen molar-refractivity contribution in [3.05, 3.63) is 39.5 Å². The predicted molar refractivity (Wildman–Crippen MR) is 84.6 cm³/mol. The third-order valence-electron chi connectivity index (χ3n) is 3.33. The number of halogens is 2. The Kier molecular flexibility index (Phi) is 6.11. The van der Waals surface area contributed by atoms with Crippen molar-refractivity contribution in [2.45, 2.75) is 50.6 Å². The molecule has 2 aliphatic heterocycles. The first-order valence-electron chi connectivity index (χ1n) is 6.58. The van der Waals surface area contributed by atoms with E-state index < -0.39 is 0 Å². The molecule has 0 radical (unpaired) electrons. The van der Waals surface area contributed by atoms with Crippen LogP contribution in [0.2, 0.25) is 0 Å². The van der Waals surface area contributed by atoms with Crippen LogP contribution in [-0.4, -0.2) is 24.4 Å². The fourth-order valence-electron chi connectivity index (χ4n) is 2.38. The Morgan fingerprint density at radius 3 is 2.63 bits per heavy atom. The van der Waals surface area contributed by atoms with Gasteiger partial charge in [0.15, 0.2) is 0 Å². The summed E-state index contributed by atoms with van der Waals surface area (Å²) >= 11 is 6.69. The molecule has 0 aromatic rings. The van der Waals surface area contributed by atoms with Gasteiger partial charge in [-0.3, -0.25) is 0 Å². The highest BCUT2D eigenvalue weighted by atomic mass is 79.9. The Bertz CT molecular complexity index is 408. The van der Waals surface area contributed by atoms with Gasteiger partial charge in [0.05, 0.1) is 24.4 Å². The third-order valence-corrected chi connectivity index (χ3v) is 4.42. The molecule has 0 aromatic carbocycles. The van der Waals surface area contributed by atoms with Gasteiger partial charge in [0, 0.05) is 17.8 Å². The Hall–Kier alpha value is -0.120. The quantitative estimate of drug-likeness (QED) is 0.516. The second-order valence-electron chi connectivity index (χ2n) is 4.69. The lowest BCUT2D eigenvalue weighted by Gasteiger charge is -2.09. The smallest absolute Gasteiger partial charge is 0.0874 e. The summed E-state index contributed by atoms with van der Waals surface area (Å²) in [6.45, 7) is 2.12. The summed E-state index contributed by atoms with van der Waals surface area (Å²) in [6.07, 6.45) is 11.9. The first-order valence-corrected chi connectivity index (χ1v) is 8.29. The van der Waals surface area contributed by atoms with E-state index in [0.717, 1.165) is 19.3 Å². The van der Waals surface area contributed by atoms with Crippen molar-refractivity contribution >= 4 is 31.9 Å². The molecule has 19 heavy (non-hydrogen) atoms. The van der Waals surface area contributed by atoms with E-state index in [2.05, 4.69) is 62.7 Å². The fourth-order valence-corrected chi connectivity index (χ4v) is 2.69. The highest BCUT2D eigenvalue weighted by Crippen LogP contribution is 2.34. The van der Waals surface area contributed by atoms with Gasteiger partial charge in [-0.15, -0.1) is 5.73 Å². The van der Waals surface area contributed by atoms with Gasteiger partial charge in [-0.05, 0) is 17.0 Å². The van der Waals surface area contributed by atoms with Crippen molar-refractivity contribution < 1.29 is 9.47 Å². The van der Waals surface area contributed by atoms with Crippen molar-refractivity contribution in [3.8, 4) is 0 Å². The van der Waals surface area contributed by atoms with Gasteiger partial charge in [-0.1, -0.05) is 57.0 Å². The summed E-state index contributed by atoms with van der Waals surface area (Å²) in [6, 6.07) is 0. The molecule has 2 heterocycles. The lowest BCUT2D eigenvalue weighted by molar-refractivity contribution is 0.0498. The normalized spacial score (nSPS) is 34.4. The van der Waals surface area contributed by atoms with Crippen LogP contribution in [0.3, 0.4) is 0 Å². The van der Waals surface area contributed by atoms with Gasteiger partial charge >= 0.3 is 0 Å². The minimum Gasteiger partial charge on any atom is -0.368 e. The maximum absolute atomic E-state index is 5.98. The highest BCUT2D eigenvalue weighted by Gasteiger charge is 2.42. The summed E-state index contributed by atoms with van der Waals surface area (Å²) in [4.78, 5) is 1.72. The van der Waals surface area contributed by atoms with Gasteiger partial charge in [-0.25, -0.2) is 0 Å². The van der Waals surface area contributed by atoms with Gasteiger partial charge in [0.2, 0.25) is 0 Å².